The van der Waals surface area contributed by atoms with Crippen molar-refractivity contribution >= 4 is 24.1 Å². The SMILES string of the molecule is CC1C=CC2(C)C(=C1)N=C(NSc1ccc(O)cc1)N1N=CCC12. The number of fused-ring (bicyclic) bond motifs is 3. The number of hydrazone groups is 1. The number of aromatic hydroxyl groups is 1. The van der Waals surface area contributed by atoms with E-state index in [-0.39, 0.29) is 17.2 Å². The Bertz CT molecular complexity index is 768. The smallest absolute Gasteiger partial charge is 0.230 e. The summed E-state index contributed by atoms with van der Waals surface area (Å²) < 4.78 is 3.33. The lowest BCUT2D eigenvalue weighted by molar-refractivity contribution is 0.214. The highest BCUT2D eigenvalue weighted by molar-refractivity contribution is 7.98. The molecule has 1 aromatic rings. The van der Waals surface area contributed by atoms with Gasteiger partial charge in [-0.3, -0.25) is 4.72 Å². The first-order valence-corrected chi connectivity index (χ1v) is 8.92. The number of rotatable bonds is 2. The molecule has 2 heterocycles. The summed E-state index contributed by atoms with van der Waals surface area (Å²) >= 11 is 1.47. The first kappa shape index (κ1) is 15.3. The molecule has 2 N–H and O–H groups in total. The fourth-order valence-corrected chi connectivity index (χ4v) is 3.95. The van der Waals surface area contributed by atoms with Gasteiger partial charge in [-0.1, -0.05) is 25.2 Å². The van der Waals surface area contributed by atoms with Crippen LogP contribution in [0.25, 0.3) is 0 Å². The number of nitrogens with one attached hydrogen (secondary N) is 1. The van der Waals surface area contributed by atoms with Crippen LogP contribution in [0.5, 0.6) is 5.75 Å². The zero-order valence-electron chi connectivity index (χ0n) is 13.7. The molecule has 0 radical (unpaired) electrons. The van der Waals surface area contributed by atoms with Gasteiger partial charge in [-0.25, -0.2) is 10.0 Å². The molecule has 3 unspecified atom stereocenters. The molecule has 2 aliphatic heterocycles. The van der Waals surface area contributed by atoms with Gasteiger partial charge in [0, 0.05) is 17.5 Å². The van der Waals surface area contributed by atoms with E-state index in [9.17, 15) is 5.11 Å². The zero-order valence-corrected chi connectivity index (χ0v) is 14.5. The second kappa shape index (κ2) is 5.70. The van der Waals surface area contributed by atoms with Gasteiger partial charge in [0.05, 0.1) is 17.2 Å². The van der Waals surface area contributed by atoms with E-state index in [1.165, 1.54) is 11.9 Å². The van der Waals surface area contributed by atoms with Gasteiger partial charge in [0.25, 0.3) is 0 Å². The second-order valence-electron chi connectivity index (χ2n) is 6.58. The molecule has 124 valence electrons. The van der Waals surface area contributed by atoms with Crippen molar-refractivity contribution in [2.75, 3.05) is 0 Å². The zero-order chi connectivity index (χ0) is 16.7. The van der Waals surface area contributed by atoms with Crippen molar-refractivity contribution in [3.63, 3.8) is 0 Å². The summed E-state index contributed by atoms with van der Waals surface area (Å²) in [5.41, 5.74) is 1.01. The summed E-state index contributed by atoms with van der Waals surface area (Å²) in [6.45, 7) is 4.41. The molecule has 6 heteroatoms. The van der Waals surface area contributed by atoms with Crippen molar-refractivity contribution in [2.24, 2.45) is 21.4 Å². The summed E-state index contributed by atoms with van der Waals surface area (Å²) in [7, 11) is 0. The number of aliphatic imine (C=N–C) groups is 1. The van der Waals surface area contributed by atoms with Gasteiger partial charge < -0.3 is 5.11 Å². The molecule has 5 nitrogen and oxygen atoms in total. The number of guanidine groups is 1. The maximum absolute atomic E-state index is 9.38. The fourth-order valence-electron chi connectivity index (χ4n) is 3.33. The Kier molecular flexibility index (Phi) is 3.64. The molecule has 0 amide bonds. The van der Waals surface area contributed by atoms with Gasteiger partial charge >= 0.3 is 0 Å². The molecule has 0 saturated heterocycles. The Hall–Kier alpha value is -2.21. The van der Waals surface area contributed by atoms with E-state index in [1.807, 2.05) is 23.4 Å². The molecule has 4 rings (SSSR count). The Morgan fingerprint density at radius 3 is 2.92 bits per heavy atom. The Labute approximate surface area is 146 Å². The second-order valence-corrected chi connectivity index (χ2v) is 7.46. The lowest BCUT2D eigenvalue weighted by atomic mass is 9.73. The molecule has 1 aliphatic carbocycles. The number of hydrogen-bond donors (Lipinski definition) is 2. The molecule has 0 aromatic heterocycles. The summed E-state index contributed by atoms with van der Waals surface area (Å²) in [6.07, 6.45) is 9.65. The largest absolute Gasteiger partial charge is 0.508 e. The van der Waals surface area contributed by atoms with Crippen LogP contribution in [0.1, 0.15) is 20.3 Å². The standard InChI is InChI=1S/C18H20N4OS/c1-12-7-9-18(2)15(11-12)20-17(22-16(18)8-10-19-22)21-24-14-5-3-13(23)4-6-14/h3-7,9-12,16,23H,8H2,1-2H3,(H,20,21). The number of benzene rings is 1. The van der Waals surface area contributed by atoms with E-state index >= 15 is 0 Å². The summed E-state index contributed by atoms with van der Waals surface area (Å²) in [5.74, 6) is 1.43. The van der Waals surface area contributed by atoms with Crippen LogP contribution in [0, 0.1) is 11.3 Å². The Balaban J connectivity index is 1.61. The topological polar surface area (TPSA) is 60.2 Å². The molecular formula is C18H20N4OS. The van der Waals surface area contributed by atoms with Crippen LogP contribution in [-0.2, 0) is 0 Å². The van der Waals surface area contributed by atoms with Gasteiger partial charge in [0.2, 0.25) is 5.96 Å². The lowest BCUT2D eigenvalue weighted by Gasteiger charge is -2.44. The predicted molar refractivity (Wildman–Crippen MR) is 97.8 cm³/mol. The predicted octanol–water partition coefficient (Wildman–Crippen LogP) is 3.51. The third-order valence-corrected chi connectivity index (χ3v) is 5.57. The number of nitrogens with zero attached hydrogens (tertiary/aromatic N) is 3. The van der Waals surface area contributed by atoms with E-state index in [2.05, 4.69) is 41.9 Å². The van der Waals surface area contributed by atoms with Gasteiger partial charge in [-0.05, 0) is 49.1 Å². The van der Waals surface area contributed by atoms with Crippen LogP contribution in [-0.4, -0.2) is 28.3 Å². The highest BCUT2D eigenvalue weighted by atomic mass is 32.2. The van der Waals surface area contributed by atoms with Gasteiger partial charge in [0.1, 0.15) is 5.75 Å². The van der Waals surface area contributed by atoms with Crippen LogP contribution < -0.4 is 4.72 Å². The third kappa shape index (κ3) is 2.51. The van der Waals surface area contributed by atoms with Crippen molar-refractivity contribution in [2.45, 2.75) is 31.2 Å². The Morgan fingerprint density at radius 1 is 1.33 bits per heavy atom. The fraction of sp³-hybridized carbons (Fsp3) is 0.333. The molecule has 3 aliphatic rings. The highest BCUT2D eigenvalue weighted by Gasteiger charge is 2.47. The minimum absolute atomic E-state index is 0.0998. The molecule has 0 bridgehead atoms. The van der Waals surface area contributed by atoms with Gasteiger partial charge in [0.15, 0.2) is 0 Å². The maximum Gasteiger partial charge on any atom is 0.230 e. The normalized spacial score (nSPS) is 30.5. The molecular weight excluding hydrogens is 320 g/mol. The molecule has 1 aromatic carbocycles. The minimum atomic E-state index is -0.0998. The van der Waals surface area contributed by atoms with Crippen LogP contribution in [0.15, 0.2) is 63.2 Å². The van der Waals surface area contributed by atoms with Crippen molar-refractivity contribution < 1.29 is 5.11 Å². The monoisotopic (exact) mass is 340 g/mol. The lowest BCUT2D eigenvalue weighted by Crippen LogP contribution is -2.51. The first-order chi connectivity index (χ1) is 11.6. The van der Waals surface area contributed by atoms with E-state index in [1.54, 1.807) is 12.1 Å². The van der Waals surface area contributed by atoms with E-state index in [0.717, 1.165) is 23.0 Å². The quantitative estimate of drug-likeness (QED) is 0.639. The number of allylic oxidation sites excluding steroid dienone is 2. The van der Waals surface area contributed by atoms with E-state index in [0.29, 0.717) is 5.92 Å². The van der Waals surface area contributed by atoms with Crippen LogP contribution >= 0.6 is 11.9 Å². The molecule has 0 fully saturated rings. The maximum atomic E-state index is 9.38. The number of hydrogen-bond acceptors (Lipinski definition) is 6. The van der Waals surface area contributed by atoms with Crippen LogP contribution in [0.3, 0.4) is 0 Å². The minimum Gasteiger partial charge on any atom is -0.508 e. The van der Waals surface area contributed by atoms with Gasteiger partial charge in [-0.2, -0.15) is 5.10 Å². The van der Waals surface area contributed by atoms with Crippen molar-refractivity contribution in [3.05, 3.63) is 48.2 Å². The van der Waals surface area contributed by atoms with Crippen molar-refractivity contribution in [1.82, 2.24) is 9.73 Å². The summed E-state index contributed by atoms with van der Waals surface area (Å²) in [6, 6.07) is 7.35. The average Bonchev–Trinajstić information content (AvgIpc) is 3.07. The molecule has 0 spiro atoms. The van der Waals surface area contributed by atoms with E-state index < -0.39 is 0 Å². The number of phenols is 1. The molecule has 0 saturated carbocycles. The third-order valence-electron chi connectivity index (χ3n) is 4.78. The first-order valence-electron chi connectivity index (χ1n) is 8.10. The van der Waals surface area contributed by atoms with Crippen molar-refractivity contribution in [1.29, 1.82) is 0 Å². The van der Waals surface area contributed by atoms with Crippen molar-refractivity contribution in [3.8, 4) is 5.75 Å². The highest BCUT2D eigenvalue weighted by Crippen LogP contribution is 2.45. The summed E-state index contributed by atoms with van der Waals surface area (Å²) in [4.78, 5) is 5.87. The Morgan fingerprint density at radius 2 is 2.12 bits per heavy atom. The molecule has 24 heavy (non-hydrogen) atoms. The number of phenolic OH excluding ortho intramolecular Hbond substituents is 1. The van der Waals surface area contributed by atoms with Crippen LogP contribution in [0.2, 0.25) is 0 Å². The van der Waals surface area contributed by atoms with Gasteiger partial charge in [-0.15, -0.1) is 0 Å². The molecule has 3 atom stereocenters. The summed E-state index contributed by atoms with van der Waals surface area (Å²) in [5, 5.41) is 15.9. The van der Waals surface area contributed by atoms with E-state index in [4.69, 9.17) is 4.99 Å². The average molecular weight is 340 g/mol. The van der Waals surface area contributed by atoms with Crippen LogP contribution in [0.4, 0.5) is 0 Å².